The molecule has 0 aliphatic carbocycles. The summed E-state index contributed by atoms with van der Waals surface area (Å²) in [6.07, 6.45) is 1.50. The minimum Gasteiger partial charge on any atom is -0.380 e. The lowest BCUT2D eigenvalue weighted by Gasteiger charge is -2.04. The van der Waals surface area contributed by atoms with E-state index in [1.54, 1.807) is 0 Å². The molecule has 7 heteroatoms. The van der Waals surface area contributed by atoms with Gasteiger partial charge in [0.25, 0.3) is 5.91 Å². The zero-order valence-electron chi connectivity index (χ0n) is 9.59. The van der Waals surface area contributed by atoms with Gasteiger partial charge in [-0.05, 0) is 17.9 Å². The normalized spacial score (nSPS) is 10.2. The van der Waals surface area contributed by atoms with Crippen molar-refractivity contribution in [1.82, 2.24) is 9.88 Å². The van der Waals surface area contributed by atoms with E-state index in [4.69, 9.17) is 4.74 Å². The van der Waals surface area contributed by atoms with Gasteiger partial charge in [0.15, 0.2) is 6.54 Å². The van der Waals surface area contributed by atoms with Crippen LogP contribution in [0.25, 0.3) is 0 Å². The number of nitrogens with zero attached hydrogens (tertiary/aromatic N) is 2. The van der Waals surface area contributed by atoms with Gasteiger partial charge >= 0.3 is 5.82 Å². The summed E-state index contributed by atoms with van der Waals surface area (Å²) >= 11 is 0. The third kappa shape index (κ3) is 4.23. The molecule has 0 bridgehead atoms. The van der Waals surface area contributed by atoms with Crippen molar-refractivity contribution >= 4 is 11.7 Å². The first kappa shape index (κ1) is 13.2. The molecule has 0 saturated heterocycles. The monoisotopic (exact) mass is 241 g/mol. The molecular weight excluding hydrogens is 226 g/mol. The summed E-state index contributed by atoms with van der Waals surface area (Å²) in [6, 6.07) is 2.89. The maximum atomic E-state index is 11.4. The Morgan fingerprint density at radius 3 is 3.06 bits per heavy atom. The lowest BCUT2D eigenvalue weighted by atomic mass is 10.5. The van der Waals surface area contributed by atoms with Crippen LogP contribution in [0.15, 0.2) is 18.3 Å². The van der Waals surface area contributed by atoms with Crippen molar-refractivity contribution in [2.75, 3.05) is 19.8 Å². The molecule has 0 atom stereocenters. The number of hydrogen-bond donors (Lipinski definition) is 1. The first-order valence-electron chi connectivity index (χ1n) is 5.29. The Hall–Kier alpha value is -1.89. The van der Waals surface area contributed by atoms with Gasteiger partial charge in [0, 0.05) is 19.2 Å². The third-order valence-electron chi connectivity index (χ3n) is 2.08. The van der Waals surface area contributed by atoms with Crippen LogP contribution in [-0.4, -0.2) is 35.2 Å². The van der Waals surface area contributed by atoms with Crippen LogP contribution in [0.2, 0.25) is 0 Å². The molecule has 0 spiro atoms. The zero-order chi connectivity index (χ0) is 12.7. The van der Waals surface area contributed by atoms with Crippen LogP contribution in [0.5, 0.6) is 0 Å². The molecule has 1 N–H and O–H groups in total. The Bertz CT molecular complexity index is 389. The summed E-state index contributed by atoms with van der Waals surface area (Å²) < 4.78 is 6.34. The summed E-state index contributed by atoms with van der Waals surface area (Å²) in [5.74, 6) is -0.367. The average Bonchev–Trinajstić information content (AvgIpc) is 2.72. The molecule has 0 aliphatic heterocycles. The number of carbonyl (C=O) groups excluding carboxylic acids is 1. The van der Waals surface area contributed by atoms with Crippen LogP contribution in [0.3, 0.4) is 0 Å². The topological polar surface area (TPSA) is 86.4 Å². The van der Waals surface area contributed by atoms with Gasteiger partial charge in [-0.1, -0.05) is 0 Å². The van der Waals surface area contributed by atoms with E-state index in [2.05, 4.69) is 5.32 Å². The molecule has 7 nitrogen and oxygen atoms in total. The Morgan fingerprint density at radius 2 is 2.41 bits per heavy atom. The van der Waals surface area contributed by atoms with E-state index in [1.165, 1.54) is 22.9 Å². The van der Waals surface area contributed by atoms with E-state index in [1.807, 2.05) is 6.92 Å². The molecule has 1 rings (SSSR count). The SMILES string of the molecule is CCOCCNC(=O)Cn1cccc1[N+](=O)[O-]. The van der Waals surface area contributed by atoms with E-state index in [9.17, 15) is 14.9 Å². The number of nitrogens with one attached hydrogen (secondary N) is 1. The highest BCUT2D eigenvalue weighted by atomic mass is 16.6. The standard InChI is InChI=1S/C10H15N3O4/c1-2-17-7-5-11-9(14)8-12-6-3-4-10(12)13(15)16/h3-4,6H,2,5,7-8H2,1H3,(H,11,14). The van der Waals surface area contributed by atoms with Gasteiger partial charge in [0.1, 0.15) is 0 Å². The number of carbonyl (C=O) groups is 1. The smallest absolute Gasteiger partial charge is 0.323 e. The Kier molecular flexibility index (Phi) is 5.15. The summed E-state index contributed by atoms with van der Waals surface area (Å²) in [4.78, 5) is 21.5. The number of aromatic nitrogens is 1. The molecular formula is C10H15N3O4. The minimum atomic E-state index is -0.520. The van der Waals surface area contributed by atoms with E-state index in [-0.39, 0.29) is 18.3 Å². The molecule has 0 aromatic carbocycles. The molecule has 0 unspecified atom stereocenters. The maximum absolute atomic E-state index is 11.4. The van der Waals surface area contributed by atoms with Crippen molar-refractivity contribution in [3.05, 3.63) is 28.4 Å². The van der Waals surface area contributed by atoms with E-state index in [0.717, 1.165) is 0 Å². The second-order valence-corrected chi connectivity index (χ2v) is 3.30. The van der Waals surface area contributed by atoms with Gasteiger partial charge in [-0.3, -0.25) is 4.79 Å². The molecule has 0 fully saturated rings. The van der Waals surface area contributed by atoms with Crippen molar-refractivity contribution < 1.29 is 14.5 Å². The van der Waals surface area contributed by atoms with E-state index >= 15 is 0 Å². The van der Waals surface area contributed by atoms with E-state index < -0.39 is 4.92 Å². The van der Waals surface area contributed by atoms with Crippen molar-refractivity contribution in [1.29, 1.82) is 0 Å². The largest absolute Gasteiger partial charge is 0.380 e. The maximum Gasteiger partial charge on any atom is 0.323 e. The van der Waals surface area contributed by atoms with Crippen molar-refractivity contribution in [2.24, 2.45) is 0 Å². The molecule has 0 aliphatic rings. The van der Waals surface area contributed by atoms with Gasteiger partial charge in [-0.25, -0.2) is 4.57 Å². The highest BCUT2D eigenvalue weighted by Crippen LogP contribution is 2.11. The third-order valence-corrected chi connectivity index (χ3v) is 2.08. The predicted octanol–water partition coefficient (Wildman–Crippen LogP) is 0.549. The first-order chi connectivity index (χ1) is 8.15. The van der Waals surface area contributed by atoms with Crippen molar-refractivity contribution in [3.8, 4) is 0 Å². The Morgan fingerprint density at radius 1 is 1.65 bits per heavy atom. The molecule has 0 saturated carbocycles. The highest BCUT2D eigenvalue weighted by molar-refractivity contribution is 5.76. The summed E-state index contributed by atoms with van der Waals surface area (Å²) in [7, 11) is 0. The van der Waals surface area contributed by atoms with Crippen LogP contribution in [0, 0.1) is 10.1 Å². The first-order valence-corrected chi connectivity index (χ1v) is 5.29. The molecule has 0 radical (unpaired) electrons. The van der Waals surface area contributed by atoms with Gasteiger partial charge in [-0.15, -0.1) is 0 Å². The molecule has 1 amide bonds. The Labute approximate surface area is 98.5 Å². The average molecular weight is 241 g/mol. The molecule has 1 aromatic rings. The second-order valence-electron chi connectivity index (χ2n) is 3.30. The number of rotatable bonds is 7. The second kappa shape index (κ2) is 6.64. The lowest BCUT2D eigenvalue weighted by molar-refractivity contribution is -0.391. The van der Waals surface area contributed by atoms with Crippen molar-refractivity contribution in [3.63, 3.8) is 0 Å². The van der Waals surface area contributed by atoms with Gasteiger partial charge in [0.2, 0.25) is 0 Å². The van der Waals surface area contributed by atoms with Crippen LogP contribution in [-0.2, 0) is 16.1 Å². The Balaban J connectivity index is 2.40. The summed E-state index contributed by atoms with van der Waals surface area (Å²) in [5.41, 5.74) is 0. The van der Waals surface area contributed by atoms with Gasteiger partial charge in [-0.2, -0.15) is 0 Å². The molecule has 94 valence electrons. The minimum absolute atomic E-state index is 0.0601. The molecule has 1 heterocycles. The lowest BCUT2D eigenvalue weighted by Crippen LogP contribution is -2.30. The number of hydrogen-bond acceptors (Lipinski definition) is 4. The summed E-state index contributed by atoms with van der Waals surface area (Å²) in [5, 5.41) is 13.2. The van der Waals surface area contributed by atoms with Crippen molar-refractivity contribution in [2.45, 2.75) is 13.5 Å². The number of nitro groups is 1. The molecule has 1 aromatic heterocycles. The molecule has 17 heavy (non-hydrogen) atoms. The number of ether oxygens (including phenoxy) is 1. The van der Waals surface area contributed by atoms with Crippen LogP contribution in [0.4, 0.5) is 5.82 Å². The highest BCUT2D eigenvalue weighted by Gasteiger charge is 2.14. The van der Waals surface area contributed by atoms with Gasteiger partial charge < -0.3 is 20.2 Å². The quantitative estimate of drug-likeness (QED) is 0.429. The fourth-order valence-corrected chi connectivity index (χ4v) is 1.32. The number of amides is 1. The summed E-state index contributed by atoms with van der Waals surface area (Å²) in [6.45, 7) is 3.25. The van der Waals surface area contributed by atoms with Crippen LogP contribution >= 0.6 is 0 Å². The van der Waals surface area contributed by atoms with E-state index in [0.29, 0.717) is 19.8 Å². The van der Waals surface area contributed by atoms with Crippen LogP contribution < -0.4 is 5.32 Å². The fourth-order valence-electron chi connectivity index (χ4n) is 1.32. The zero-order valence-corrected chi connectivity index (χ0v) is 9.59. The van der Waals surface area contributed by atoms with Crippen LogP contribution in [0.1, 0.15) is 6.92 Å². The fraction of sp³-hybridized carbons (Fsp3) is 0.500. The predicted molar refractivity (Wildman–Crippen MR) is 60.6 cm³/mol. The van der Waals surface area contributed by atoms with Gasteiger partial charge in [0.05, 0.1) is 12.8 Å².